The van der Waals surface area contributed by atoms with Crippen LogP contribution in [0.2, 0.25) is 0 Å². The highest BCUT2D eigenvalue weighted by atomic mass is 16.4. The zero-order chi connectivity index (χ0) is 14.6. The Morgan fingerprint density at radius 3 is 2.32 bits per heavy atom. The maximum Gasteiger partial charge on any atom is 0.317 e. The van der Waals surface area contributed by atoms with Crippen molar-refractivity contribution in [1.29, 1.82) is 0 Å². The summed E-state index contributed by atoms with van der Waals surface area (Å²) in [5.41, 5.74) is -0.331. The van der Waals surface area contributed by atoms with Crippen LogP contribution in [-0.4, -0.2) is 52.3 Å². The van der Waals surface area contributed by atoms with Crippen LogP contribution in [0, 0.1) is 5.41 Å². The van der Waals surface area contributed by atoms with Gasteiger partial charge in [0.2, 0.25) is 0 Å². The maximum absolute atomic E-state index is 12.2. The highest BCUT2D eigenvalue weighted by molar-refractivity contribution is 5.76. The van der Waals surface area contributed by atoms with E-state index in [9.17, 15) is 9.59 Å². The number of hydrogen-bond donors (Lipinski definition) is 3. The molecule has 0 aromatic rings. The minimum atomic E-state index is -0.930. The molecule has 0 spiro atoms. The van der Waals surface area contributed by atoms with Crippen LogP contribution in [0.15, 0.2) is 0 Å². The molecule has 0 radical (unpaired) electrons. The number of carbonyl (C=O) groups is 2. The fraction of sp³-hybridized carbons (Fsp3) is 0.846. The first-order valence-corrected chi connectivity index (χ1v) is 6.65. The molecule has 0 saturated heterocycles. The highest BCUT2D eigenvalue weighted by Crippen LogP contribution is 2.27. The van der Waals surface area contributed by atoms with Gasteiger partial charge in [0.05, 0.1) is 13.0 Å². The Balaban J connectivity index is 2.66. The second kappa shape index (κ2) is 6.23. The number of aliphatic hydroxyl groups is 1. The number of hydrogen-bond acceptors (Lipinski definition) is 3. The van der Waals surface area contributed by atoms with Gasteiger partial charge in [-0.25, -0.2) is 4.79 Å². The lowest BCUT2D eigenvalue weighted by atomic mass is 9.85. The molecule has 1 atom stereocenters. The van der Waals surface area contributed by atoms with Crippen molar-refractivity contribution < 1.29 is 19.8 Å². The van der Waals surface area contributed by atoms with E-state index in [1.165, 1.54) is 0 Å². The molecule has 0 aliphatic heterocycles. The zero-order valence-corrected chi connectivity index (χ0v) is 11.8. The van der Waals surface area contributed by atoms with Crippen molar-refractivity contribution in [2.45, 2.75) is 52.1 Å². The third kappa shape index (κ3) is 5.06. The molecule has 6 nitrogen and oxygen atoms in total. The molecule has 2 amide bonds. The number of carbonyl (C=O) groups excluding carboxylic acids is 1. The van der Waals surface area contributed by atoms with E-state index in [1.54, 1.807) is 4.90 Å². The SMILES string of the molecule is CC(C)(C)C(CC(=O)O)NC(=O)N(CCO)C1CC1. The largest absolute Gasteiger partial charge is 0.481 e. The van der Waals surface area contributed by atoms with Gasteiger partial charge >= 0.3 is 12.0 Å². The number of nitrogens with zero attached hydrogens (tertiary/aromatic N) is 1. The topological polar surface area (TPSA) is 89.9 Å². The van der Waals surface area contributed by atoms with E-state index in [0.29, 0.717) is 6.54 Å². The Kier molecular flexibility index (Phi) is 5.17. The molecule has 0 aromatic heterocycles. The van der Waals surface area contributed by atoms with Crippen LogP contribution in [0.4, 0.5) is 4.79 Å². The van der Waals surface area contributed by atoms with Gasteiger partial charge in [-0.3, -0.25) is 4.79 Å². The van der Waals surface area contributed by atoms with Crippen LogP contribution in [-0.2, 0) is 4.79 Å². The van der Waals surface area contributed by atoms with Crippen LogP contribution in [0.3, 0.4) is 0 Å². The molecule has 1 rings (SSSR count). The number of carboxylic acids is 1. The molecular weight excluding hydrogens is 248 g/mol. The average Bonchev–Trinajstić information content (AvgIpc) is 3.06. The predicted octanol–water partition coefficient (Wildman–Crippen LogP) is 1.04. The molecule has 110 valence electrons. The maximum atomic E-state index is 12.2. The molecule has 0 bridgehead atoms. The molecule has 6 heteroatoms. The molecular formula is C13H24N2O4. The highest BCUT2D eigenvalue weighted by Gasteiger charge is 2.35. The number of nitrogens with one attached hydrogen (secondary N) is 1. The Morgan fingerprint density at radius 2 is 1.95 bits per heavy atom. The van der Waals surface area contributed by atoms with Crippen molar-refractivity contribution in [3.8, 4) is 0 Å². The van der Waals surface area contributed by atoms with Crippen LogP contribution in [0.5, 0.6) is 0 Å². The summed E-state index contributed by atoms with van der Waals surface area (Å²) in [5.74, 6) is -0.930. The lowest BCUT2D eigenvalue weighted by Crippen LogP contribution is -2.51. The van der Waals surface area contributed by atoms with Gasteiger partial charge in [-0.1, -0.05) is 20.8 Å². The fourth-order valence-corrected chi connectivity index (χ4v) is 1.92. The van der Waals surface area contributed by atoms with Crippen LogP contribution in [0.1, 0.15) is 40.0 Å². The van der Waals surface area contributed by atoms with Crippen LogP contribution < -0.4 is 5.32 Å². The standard InChI is InChI=1S/C13H24N2O4/c1-13(2,3)10(8-11(17)18)14-12(19)15(6-7-16)9-4-5-9/h9-10,16H,4-8H2,1-3H3,(H,14,19)(H,17,18). The molecule has 1 unspecified atom stereocenters. The number of amides is 2. The average molecular weight is 272 g/mol. The summed E-state index contributed by atoms with van der Waals surface area (Å²) < 4.78 is 0. The third-order valence-electron chi connectivity index (χ3n) is 3.31. The van der Waals surface area contributed by atoms with E-state index in [-0.39, 0.29) is 30.5 Å². The Morgan fingerprint density at radius 1 is 1.37 bits per heavy atom. The summed E-state index contributed by atoms with van der Waals surface area (Å²) in [4.78, 5) is 24.6. The minimum Gasteiger partial charge on any atom is -0.481 e. The first kappa shape index (κ1) is 15.8. The first-order chi connectivity index (χ1) is 8.75. The third-order valence-corrected chi connectivity index (χ3v) is 3.31. The van der Waals surface area contributed by atoms with Gasteiger partial charge in [0.1, 0.15) is 0 Å². The van der Waals surface area contributed by atoms with Gasteiger partial charge in [0.15, 0.2) is 0 Å². The van der Waals surface area contributed by atoms with E-state index in [2.05, 4.69) is 5.32 Å². The van der Waals surface area contributed by atoms with Gasteiger partial charge in [0.25, 0.3) is 0 Å². The van der Waals surface area contributed by atoms with E-state index >= 15 is 0 Å². The van der Waals surface area contributed by atoms with Crippen molar-refractivity contribution in [2.24, 2.45) is 5.41 Å². The van der Waals surface area contributed by atoms with Crippen molar-refractivity contribution in [1.82, 2.24) is 10.2 Å². The molecule has 1 fully saturated rings. The molecule has 1 aliphatic carbocycles. The zero-order valence-electron chi connectivity index (χ0n) is 11.8. The molecule has 0 aromatic carbocycles. The lowest BCUT2D eigenvalue weighted by molar-refractivity contribution is -0.138. The van der Waals surface area contributed by atoms with E-state index in [1.807, 2.05) is 20.8 Å². The number of carboxylic acid groups (broad SMARTS) is 1. The molecule has 1 saturated carbocycles. The van der Waals surface area contributed by atoms with Gasteiger partial charge < -0.3 is 20.4 Å². The summed E-state index contributed by atoms with van der Waals surface area (Å²) in [6, 6.07) is -0.521. The summed E-state index contributed by atoms with van der Waals surface area (Å²) in [5, 5.41) is 20.7. The van der Waals surface area contributed by atoms with Crippen LogP contribution >= 0.6 is 0 Å². The Bertz CT molecular complexity index is 334. The van der Waals surface area contributed by atoms with Gasteiger partial charge in [-0.05, 0) is 18.3 Å². The number of aliphatic hydroxyl groups excluding tert-OH is 1. The summed E-state index contributed by atoms with van der Waals surface area (Å²) in [6.45, 7) is 5.90. The van der Waals surface area contributed by atoms with Gasteiger partial charge in [0, 0.05) is 18.6 Å². The second-order valence-corrected chi connectivity index (χ2v) is 6.11. The molecule has 0 heterocycles. The van der Waals surface area contributed by atoms with E-state index < -0.39 is 12.0 Å². The predicted molar refractivity (Wildman–Crippen MR) is 70.8 cm³/mol. The fourth-order valence-electron chi connectivity index (χ4n) is 1.92. The first-order valence-electron chi connectivity index (χ1n) is 6.65. The quantitative estimate of drug-likeness (QED) is 0.674. The normalized spacial score (nSPS) is 16.8. The molecule has 19 heavy (non-hydrogen) atoms. The number of urea groups is 1. The Labute approximate surface area is 113 Å². The molecule has 1 aliphatic rings. The van der Waals surface area contributed by atoms with E-state index in [4.69, 9.17) is 10.2 Å². The van der Waals surface area contributed by atoms with Gasteiger partial charge in [-0.2, -0.15) is 0 Å². The van der Waals surface area contributed by atoms with E-state index in [0.717, 1.165) is 12.8 Å². The molecule has 3 N–H and O–H groups in total. The van der Waals surface area contributed by atoms with Gasteiger partial charge in [-0.15, -0.1) is 0 Å². The Hall–Kier alpha value is -1.30. The minimum absolute atomic E-state index is 0.0803. The van der Waals surface area contributed by atoms with Crippen molar-refractivity contribution >= 4 is 12.0 Å². The second-order valence-electron chi connectivity index (χ2n) is 6.11. The number of rotatable bonds is 6. The lowest BCUT2D eigenvalue weighted by Gasteiger charge is -2.33. The van der Waals surface area contributed by atoms with Crippen LogP contribution in [0.25, 0.3) is 0 Å². The smallest absolute Gasteiger partial charge is 0.317 e. The number of aliphatic carboxylic acids is 1. The monoisotopic (exact) mass is 272 g/mol. The van der Waals surface area contributed by atoms with Crippen molar-refractivity contribution in [2.75, 3.05) is 13.2 Å². The summed E-state index contributed by atoms with van der Waals surface area (Å²) in [7, 11) is 0. The summed E-state index contributed by atoms with van der Waals surface area (Å²) in [6.07, 6.45) is 1.80. The summed E-state index contributed by atoms with van der Waals surface area (Å²) >= 11 is 0. The van der Waals surface area contributed by atoms with Crippen molar-refractivity contribution in [3.63, 3.8) is 0 Å². The van der Waals surface area contributed by atoms with Crippen molar-refractivity contribution in [3.05, 3.63) is 0 Å².